The van der Waals surface area contributed by atoms with Gasteiger partial charge in [-0.15, -0.1) is 11.6 Å². The Kier molecular flexibility index (Phi) is 5.76. The fraction of sp³-hybridized carbons (Fsp3) is 0.750. The smallest absolute Gasteiger partial charge is 0.304 e. The molecule has 1 aliphatic heterocycles. The summed E-state index contributed by atoms with van der Waals surface area (Å²) in [7, 11) is 0. The number of halogens is 1. The largest absolute Gasteiger partial charge is 0.457 e. The zero-order valence-corrected chi connectivity index (χ0v) is 12.4. The van der Waals surface area contributed by atoms with E-state index in [-0.39, 0.29) is 0 Å². The lowest BCUT2D eigenvalue weighted by atomic mass is 10.0. The number of esters is 3. The van der Waals surface area contributed by atoms with Crippen LogP contribution < -0.4 is 0 Å². The fourth-order valence-corrected chi connectivity index (χ4v) is 2.21. The Hall–Kier alpha value is -1.34. The van der Waals surface area contributed by atoms with Crippen LogP contribution in [-0.2, 0) is 33.3 Å². The second-order valence-electron chi connectivity index (χ2n) is 4.41. The van der Waals surface area contributed by atoms with Crippen molar-refractivity contribution in [3.8, 4) is 0 Å². The highest BCUT2D eigenvalue weighted by Gasteiger charge is 2.48. The van der Waals surface area contributed by atoms with E-state index in [0.29, 0.717) is 0 Å². The van der Waals surface area contributed by atoms with Crippen LogP contribution in [0, 0.1) is 0 Å². The van der Waals surface area contributed by atoms with Crippen molar-refractivity contribution < 1.29 is 33.3 Å². The van der Waals surface area contributed by atoms with Crippen LogP contribution in [0.3, 0.4) is 0 Å². The van der Waals surface area contributed by atoms with Gasteiger partial charge in [-0.1, -0.05) is 0 Å². The van der Waals surface area contributed by atoms with Crippen molar-refractivity contribution in [3.05, 3.63) is 0 Å². The Morgan fingerprint density at radius 1 is 0.900 bits per heavy atom. The lowest BCUT2D eigenvalue weighted by Gasteiger charge is -2.41. The molecule has 0 saturated carbocycles. The van der Waals surface area contributed by atoms with Crippen LogP contribution in [-0.4, -0.2) is 47.9 Å². The van der Waals surface area contributed by atoms with Crippen molar-refractivity contribution in [1.29, 1.82) is 0 Å². The first-order valence-corrected chi connectivity index (χ1v) is 6.47. The average molecular weight is 309 g/mol. The molecule has 7 nitrogen and oxygen atoms in total. The lowest BCUT2D eigenvalue weighted by molar-refractivity contribution is -0.247. The minimum Gasteiger partial charge on any atom is -0.457 e. The SMILES string of the molecule is CC(=O)OC1O[C@@H](C)[C@@H](OC(C)=O)[C@@H](OC(C)=O)[C@H]1Cl. The van der Waals surface area contributed by atoms with Crippen molar-refractivity contribution in [2.75, 3.05) is 0 Å². The standard InChI is InChI=1S/C12H17ClO7/c1-5-10(18-6(2)14)11(19-7(3)15)9(13)12(17-5)20-8(4)16/h5,9-12H,1-4H3/t5-,9+,10+,11-,12?/m0/s1. The Morgan fingerprint density at radius 3 is 1.80 bits per heavy atom. The lowest BCUT2D eigenvalue weighted by Crippen LogP contribution is -2.58. The molecular weight excluding hydrogens is 292 g/mol. The van der Waals surface area contributed by atoms with Crippen molar-refractivity contribution in [3.63, 3.8) is 0 Å². The molecule has 1 unspecified atom stereocenters. The summed E-state index contributed by atoms with van der Waals surface area (Å²) in [4.78, 5) is 33.3. The van der Waals surface area contributed by atoms with Gasteiger partial charge in [-0.05, 0) is 6.92 Å². The summed E-state index contributed by atoms with van der Waals surface area (Å²) in [5.74, 6) is -1.73. The highest BCUT2D eigenvalue weighted by molar-refractivity contribution is 6.21. The van der Waals surface area contributed by atoms with Crippen LogP contribution in [0.5, 0.6) is 0 Å². The van der Waals surface area contributed by atoms with E-state index < -0.39 is 47.9 Å². The van der Waals surface area contributed by atoms with Gasteiger partial charge in [0.15, 0.2) is 12.2 Å². The van der Waals surface area contributed by atoms with Crippen molar-refractivity contribution in [1.82, 2.24) is 0 Å². The van der Waals surface area contributed by atoms with Crippen LogP contribution in [0.15, 0.2) is 0 Å². The first kappa shape index (κ1) is 16.7. The molecular formula is C12H17ClO7. The molecule has 0 aromatic heterocycles. The van der Waals surface area contributed by atoms with E-state index in [1.54, 1.807) is 6.92 Å². The second-order valence-corrected chi connectivity index (χ2v) is 4.92. The first-order valence-electron chi connectivity index (χ1n) is 6.03. The van der Waals surface area contributed by atoms with Gasteiger partial charge in [-0.25, -0.2) is 0 Å². The molecule has 1 aliphatic rings. The molecule has 1 heterocycles. The Bertz CT molecular complexity index is 397. The van der Waals surface area contributed by atoms with Gasteiger partial charge < -0.3 is 18.9 Å². The molecule has 5 atom stereocenters. The summed E-state index contributed by atoms with van der Waals surface area (Å²) < 4.78 is 20.5. The van der Waals surface area contributed by atoms with Gasteiger partial charge in [0.1, 0.15) is 5.38 Å². The Morgan fingerprint density at radius 2 is 1.35 bits per heavy atom. The summed E-state index contributed by atoms with van der Waals surface area (Å²) in [5, 5.41) is -0.983. The number of carbonyl (C=O) groups is 3. The Balaban J connectivity index is 2.93. The van der Waals surface area contributed by atoms with Crippen molar-refractivity contribution in [2.45, 2.75) is 57.7 Å². The number of ether oxygens (including phenoxy) is 4. The normalized spacial score (nSPS) is 33.1. The number of rotatable bonds is 3. The summed E-state index contributed by atoms with van der Waals surface area (Å²) in [6.45, 7) is 5.23. The van der Waals surface area contributed by atoms with E-state index in [2.05, 4.69) is 0 Å². The van der Waals surface area contributed by atoms with E-state index in [1.165, 1.54) is 20.8 Å². The van der Waals surface area contributed by atoms with Gasteiger partial charge in [0.05, 0.1) is 6.10 Å². The fourth-order valence-electron chi connectivity index (χ4n) is 1.90. The minimum absolute atomic E-state index is 0.558. The van der Waals surface area contributed by atoms with Crippen molar-refractivity contribution >= 4 is 29.5 Å². The number of alkyl halides is 1. The highest BCUT2D eigenvalue weighted by Crippen LogP contribution is 2.30. The van der Waals surface area contributed by atoms with Gasteiger partial charge in [0, 0.05) is 20.8 Å². The maximum absolute atomic E-state index is 11.2. The molecule has 0 amide bonds. The molecule has 1 rings (SSSR count). The number of hydrogen-bond donors (Lipinski definition) is 0. The minimum atomic E-state index is -1.08. The van der Waals surface area contributed by atoms with E-state index in [4.69, 9.17) is 30.5 Å². The van der Waals surface area contributed by atoms with E-state index in [9.17, 15) is 14.4 Å². The predicted molar refractivity (Wildman–Crippen MR) is 66.9 cm³/mol. The molecule has 8 heteroatoms. The highest BCUT2D eigenvalue weighted by atomic mass is 35.5. The molecule has 0 aromatic carbocycles. The van der Waals surface area contributed by atoms with Crippen LogP contribution in [0.2, 0.25) is 0 Å². The van der Waals surface area contributed by atoms with Gasteiger partial charge in [-0.3, -0.25) is 14.4 Å². The molecule has 1 fully saturated rings. The van der Waals surface area contributed by atoms with Crippen LogP contribution in [0.25, 0.3) is 0 Å². The van der Waals surface area contributed by atoms with Crippen LogP contribution in [0.1, 0.15) is 27.7 Å². The average Bonchev–Trinajstić information content (AvgIpc) is 2.28. The summed E-state index contributed by atoms with van der Waals surface area (Å²) in [6, 6.07) is 0. The first-order chi connectivity index (χ1) is 9.22. The Labute approximate surface area is 121 Å². The topological polar surface area (TPSA) is 88.1 Å². The number of carbonyl (C=O) groups excluding carboxylic acids is 3. The molecule has 0 aromatic rings. The second kappa shape index (κ2) is 6.90. The van der Waals surface area contributed by atoms with E-state index >= 15 is 0 Å². The quantitative estimate of drug-likeness (QED) is 0.432. The molecule has 0 radical (unpaired) electrons. The van der Waals surface area contributed by atoms with Gasteiger partial charge in [-0.2, -0.15) is 0 Å². The third-order valence-electron chi connectivity index (χ3n) is 2.60. The van der Waals surface area contributed by atoms with Gasteiger partial charge in [0.25, 0.3) is 0 Å². The zero-order chi connectivity index (χ0) is 15.4. The maximum atomic E-state index is 11.2. The predicted octanol–water partition coefficient (Wildman–Crippen LogP) is 0.765. The van der Waals surface area contributed by atoms with Gasteiger partial charge in [0.2, 0.25) is 6.29 Å². The van der Waals surface area contributed by atoms with Crippen molar-refractivity contribution in [2.24, 2.45) is 0 Å². The summed E-state index contributed by atoms with van der Waals surface area (Å²) in [6.07, 6.45) is -3.57. The molecule has 0 bridgehead atoms. The monoisotopic (exact) mass is 308 g/mol. The maximum Gasteiger partial charge on any atom is 0.304 e. The molecule has 0 aliphatic carbocycles. The summed E-state index contributed by atoms with van der Waals surface area (Å²) >= 11 is 6.11. The molecule has 114 valence electrons. The third-order valence-corrected chi connectivity index (χ3v) is 3.05. The number of hydrogen-bond acceptors (Lipinski definition) is 7. The van der Waals surface area contributed by atoms with Crippen LogP contribution in [0.4, 0.5) is 0 Å². The van der Waals surface area contributed by atoms with E-state index in [1.807, 2.05) is 0 Å². The molecule has 0 spiro atoms. The van der Waals surface area contributed by atoms with Gasteiger partial charge >= 0.3 is 17.9 Å². The van der Waals surface area contributed by atoms with Crippen LogP contribution >= 0.6 is 11.6 Å². The zero-order valence-electron chi connectivity index (χ0n) is 11.6. The molecule has 0 N–H and O–H groups in total. The third kappa shape index (κ3) is 4.35. The molecule has 1 saturated heterocycles. The molecule has 20 heavy (non-hydrogen) atoms. The van der Waals surface area contributed by atoms with E-state index in [0.717, 1.165) is 0 Å². The summed E-state index contributed by atoms with van der Waals surface area (Å²) in [5.41, 5.74) is 0.